The Morgan fingerprint density at radius 3 is 2.78 bits per heavy atom. The molecule has 0 atom stereocenters. The van der Waals surface area contributed by atoms with E-state index in [1.54, 1.807) is 22.7 Å². The van der Waals surface area contributed by atoms with Gasteiger partial charge in [-0.3, -0.25) is 4.79 Å². The van der Waals surface area contributed by atoms with Gasteiger partial charge >= 0.3 is 0 Å². The lowest BCUT2D eigenvalue weighted by molar-refractivity contribution is -0.121. The van der Waals surface area contributed by atoms with Crippen LogP contribution < -0.4 is 5.32 Å². The molecule has 4 nitrogen and oxygen atoms in total. The van der Waals surface area contributed by atoms with Gasteiger partial charge in [0, 0.05) is 30.6 Å². The lowest BCUT2D eigenvalue weighted by atomic mass is 10.0. The van der Waals surface area contributed by atoms with Gasteiger partial charge < -0.3 is 10.2 Å². The van der Waals surface area contributed by atoms with Crippen molar-refractivity contribution in [3.05, 3.63) is 28.6 Å². The number of likely N-dealkylation sites (tertiary alicyclic amines) is 1. The summed E-state index contributed by atoms with van der Waals surface area (Å²) in [6, 6.07) is 5.29. The number of piperidine rings is 1. The van der Waals surface area contributed by atoms with Gasteiger partial charge in [0.15, 0.2) is 0 Å². The average molecular weight is 348 g/mol. The SMILES string of the molecule is O=C(Cc1csc(-c2cccs2)n1)NC1CCN(C2CC2)CC1. The fourth-order valence-electron chi connectivity index (χ4n) is 3.19. The Bertz CT molecular complexity index is 655. The summed E-state index contributed by atoms with van der Waals surface area (Å²) in [6.07, 6.45) is 5.30. The van der Waals surface area contributed by atoms with Crippen LogP contribution in [0.5, 0.6) is 0 Å². The monoisotopic (exact) mass is 347 g/mol. The number of nitrogens with zero attached hydrogens (tertiary/aromatic N) is 2. The zero-order valence-corrected chi connectivity index (χ0v) is 14.7. The van der Waals surface area contributed by atoms with Gasteiger partial charge in [0.25, 0.3) is 0 Å². The van der Waals surface area contributed by atoms with Gasteiger partial charge in [0.05, 0.1) is 17.0 Å². The molecule has 1 amide bonds. The van der Waals surface area contributed by atoms with Crippen molar-refractivity contribution in [2.45, 2.75) is 44.2 Å². The molecule has 0 aromatic carbocycles. The third-order valence-corrected chi connectivity index (χ3v) is 6.51. The number of amides is 1. The summed E-state index contributed by atoms with van der Waals surface area (Å²) in [7, 11) is 0. The number of thiazole rings is 1. The fourth-order valence-corrected chi connectivity index (χ4v) is 4.83. The number of nitrogens with one attached hydrogen (secondary N) is 1. The van der Waals surface area contributed by atoms with Crippen molar-refractivity contribution in [2.24, 2.45) is 0 Å². The Kier molecular flexibility index (Phi) is 4.46. The van der Waals surface area contributed by atoms with Crippen LogP contribution in [0.2, 0.25) is 0 Å². The molecule has 0 radical (unpaired) electrons. The van der Waals surface area contributed by atoms with Gasteiger partial charge in [0.2, 0.25) is 5.91 Å². The highest BCUT2D eigenvalue weighted by atomic mass is 32.1. The van der Waals surface area contributed by atoms with Crippen molar-refractivity contribution in [3.63, 3.8) is 0 Å². The number of carbonyl (C=O) groups is 1. The van der Waals surface area contributed by atoms with Gasteiger partial charge in [-0.1, -0.05) is 6.07 Å². The molecule has 0 bridgehead atoms. The number of carbonyl (C=O) groups excluding carboxylic acids is 1. The minimum atomic E-state index is 0.109. The van der Waals surface area contributed by atoms with Gasteiger partial charge in [-0.15, -0.1) is 22.7 Å². The first-order chi connectivity index (χ1) is 11.3. The zero-order valence-electron chi connectivity index (χ0n) is 13.0. The molecule has 1 aliphatic carbocycles. The molecule has 2 fully saturated rings. The number of hydrogen-bond acceptors (Lipinski definition) is 5. The molecular weight excluding hydrogens is 326 g/mol. The Labute approximate surface area is 144 Å². The first kappa shape index (κ1) is 15.3. The van der Waals surface area contributed by atoms with E-state index in [0.717, 1.165) is 42.7 Å². The molecule has 2 aliphatic rings. The molecule has 0 spiro atoms. The molecule has 1 saturated carbocycles. The van der Waals surface area contributed by atoms with E-state index in [4.69, 9.17) is 0 Å². The molecule has 1 saturated heterocycles. The summed E-state index contributed by atoms with van der Waals surface area (Å²) >= 11 is 3.31. The number of aromatic nitrogens is 1. The maximum Gasteiger partial charge on any atom is 0.226 e. The smallest absolute Gasteiger partial charge is 0.226 e. The van der Waals surface area contributed by atoms with E-state index in [9.17, 15) is 4.79 Å². The molecule has 6 heteroatoms. The standard InChI is InChI=1S/C17H21N3OS2/c21-16(18-12-5-7-20(8-6-12)14-3-4-14)10-13-11-23-17(19-13)15-2-1-9-22-15/h1-2,9,11-12,14H,3-8,10H2,(H,18,21). The van der Waals surface area contributed by atoms with E-state index in [0.29, 0.717) is 12.5 Å². The van der Waals surface area contributed by atoms with Crippen LogP contribution >= 0.6 is 22.7 Å². The van der Waals surface area contributed by atoms with Gasteiger partial charge in [-0.25, -0.2) is 4.98 Å². The molecule has 2 aromatic heterocycles. The summed E-state index contributed by atoms with van der Waals surface area (Å²) < 4.78 is 0. The number of hydrogen-bond donors (Lipinski definition) is 1. The van der Waals surface area contributed by atoms with Crippen LogP contribution in [0.15, 0.2) is 22.9 Å². The molecule has 1 N–H and O–H groups in total. The summed E-state index contributed by atoms with van der Waals surface area (Å²) in [5.74, 6) is 0.109. The van der Waals surface area contributed by atoms with Crippen LogP contribution in [0.4, 0.5) is 0 Å². The number of thiophene rings is 1. The van der Waals surface area contributed by atoms with Crippen LogP contribution in [-0.4, -0.2) is 41.0 Å². The van der Waals surface area contributed by atoms with Crippen molar-refractivity contribution in [1.29, 1.82) is 0 Å². The normalized spacial score (nSPS) is 19.8. The Morgan fingerprint density at radius 2 is 2.09 bits per heavy atom. The van der Waals surface area contributed by atoms with Crippen LogP contribution in [0.25, 0.3) is 9.88 Å². The summed E-state index contributed by atoms with van der Waals surface area (Å²) in [6.45, 7) is 2.27. The minimum Gasteiger partial charge on any atom is -0.353 e. The van der Waals surface area contributed by atoms with E-state index in [2.05, 4.69) is 26.6 Å². The maximum atomic E-state index is 12.2. The highest BCUT2D eigenvalue weighted by molar-refractivity contribution is 7.20. The second-order valence-corrected chi connectivity index (χ2v) is 8.21. The van der Waals surface area contributed by atoms with Gasteiger partial charge in [0.1, 0.15) is 5.01 Å². The second kappa shape index (κ2) is 6.71. The summed E-state index contributed by atoms with van der Waals surface area (Å²) in [5, 5.41) is 8.26. The Hall–Kier alpha value is -1.24. The first-order valence-corrected chi connectivity index (χ1v) is 10.1. The van der Waals surface area contributed by atoms with Crippen LogP contribution in [0.1, 0.15) is 31.4 Å². The van der Waals surface area contributed by atoms with Crippen molar-refractivity contribution in [3.8, 4) is 9.88 Å². The molecule has 0 unspecified atom stereocenters. The van der Waals surface area contributed by atoms with Crippen LogP contribution in [0, 0.1) is 0 Å². The van der Waals surface area contributed by atoms with Gasteiger partial charge in [-0.2, -0.15) is 0 Å². The van der Waals surface area contributed by atoms with Crippen molar-refractivity contribution >= 4 is 28.6 Å². The fraction of sp³-hybridized carbons (Fsp3) is 0.529. The highest BCUT2D eigenvalue weighted by Crippen LogP contribution is 2.29. The number of rotatable bonds is 5. The van der Waals surface area contributed by atoms with Crippen molar-refractivity contribution < 1.29 is 4.79 Å². The first-order valence-electron chi connectivity index (χ1n) is 8.29. The lowest BCUT2D eigenvalue weighted by Crippen LogP contribution is -2.45. The molecule has 23 heavy (non-hydrogen) atoms. The van der Waals surface area contributed by atoms with E-state index in [1.165, 1.54) is 17.7 Å². The molecule has 3 heterocycles. The van der Waals surface area contributed by atoms with E-state index in [-0.39, 0.29) is 5.91 Å². The van der Waals surface area contributed by atoms with E-state index < -0.39 is 0 Å². The van der Waals surface area contributed by atoms with Crippen LogP contribution in [-0.2, 0) is 11.2 Å². The minimum absolute atomic E-state index is 0.109. The zero-order chi connectivity index (χ0) is 15.6. The van der Waals surface area contributed by atoms with Gasteiger partial charge in [-0.05, 0) is 37.1 Å². The maximum absolute atomic E-state index is 12.2. The predicted molar refractivity (Wildman–Crippen MR) is 94.9 cm³/mol. The summed E-state index contributed by atoms with van der Waals surface area (Å²) in [5.41, 5.74) is 0.881. The molecular formula is C17H21N3OS2. The van der Waals surface area contributed by atoms with Crippen LogP contribution in [0.3, 0.4) is 0 Å². The lowest BCUT2D eigenvalue weighted by Gasteiger charge is -2.32. The van der Waals surface area contributed by atoms with E-state index >= 15 is 0 Å². The summed E-state index contributed by atoms with van der Waals surface area (Å²) in [4.78, 5) is 20.6. The third kappa shape index (κ3) is 3.82. The van der Waals surface area contributed by atoms with E-state index in [1.807, 2.05) is 11.4 Å². The third-order valence-electron chi connectivity index (χ3n) is 4.58. The molecule has 122 valence electrons. The molecule has 1 aliphatic heterocycles. The average Bonchev–Trinajstić information content (AvgIpc) is 3.06. The molecule has 4 rings (SSSR count). The quantitative estimate of drug-likeness (QED) is 0.904. The largest absolute Gasteiger partial charge is 0.353 e. The topological polar surface area (TPSA) is 45.2 Å². The highest BCUT2D eigenvalue weighted by Gasteiger charge is 2.32. The molecule has 2 aromatic rings. The van der Waals surface area contributed by atoms with Crippen molar-refractivity contribution in [2.75, 3.05) is 13.1 Å². The van der Waals surface area contributed by atoms with Crippen molar-refractivity contribution in [1.82, 2.24) is 15.2 Å². The Morgan fingerprint density at radius 1 is 1.26 bits per heavy atom. The predicted octanol–water partition coefficient (Wildman–Crippen LogP) is 3.16. The Balaban J connectivity index is 1.27. The second-order valence-electron chi connectivity index (χ2n) is 6.41.